The average Bonchev–Trinajstić information content (AvgIpc) is 3.04. The van der Waals surface area contributed by atoms with Crippen molar-refractivity contribution in [2.45, 2.75) is 38.7 Å². The van der Waals surface area contributed by atoms with Crippen LogP contribution in [0.4, 0.5) is 5.69 Å². The monoisotopic (exact) mass is 435 g/mol. The first-order valence-electron chi connectivity index (χ1n) is 10.8. The van der Waals surface area contributed by atoms with Crippen LogP contribution in [0.3, 0.4) is 0 Å². The van der Waals surface area contributed by atoms with Crippen molar-refractivity contribution in [3.05, 3.63) is 76.8 Å². The van der Waals surface area contributed by atoms with Gasteiger partial charge in [-0.05, 0) is 48.1 Å². The van der Waals surface area contributed by atoms with Gasteiger partial charge in [0.15, 0.2) is 0 Å². The number of carbonyl (C=O) groups excluding carboxylic acids is 2. The second kappa shape index (κ2) is 7.52. The van der Waals surface area contributed by atoms with E-state index in [2.05, 4.69) is 25.2 Å². The highest BCUT2D eigenvalue weighted by atomic mass is 35.5. The molecular formula is C26H26ClNO3. The van der Waals surface area contributed by atoms with E-state index in [1.54, 1.807) is 0 Å². The minimum Gasteiger partial charge on any atom is -0.461 e. The van der Waals surface area contributed by atoms with Crippen LogP contribution >= 0.6 is 11.6 Å². The van der Waals surface area contributed by atoms with E-state index in [0.717, 1.165) is 24.1 Å². The molecule has 2 fully saturated rings. The van der Waals surface area contributed by atoms with E-state index < -0.39 is 11.8 Å². The summed E-state index contributed by atoms with van der Waals surface area (Å²) >= 11 is 6.12. The zero-order valence-electron chi connectivity index (χ0n) is 17.7. The standard InChI is InChI=1S/C26H26ClNO3/c1-26(2)13-16-12-19(15-8-10-17(27)11-9-15)22(23-21(16)20(14-26)31-25(23)30)24(29)28-18-6-4-3-5-7-18/h3-12,19-23H,13-14H2,1-2H3,(H,28,29)/t19-,20-,21+,22+,23-/m1/s1. The molecule has 2 aliphatic carbocycles. The van der Waals surface area contributed by atoms with Gasteiger partial charge in [0, 0.05) is 22.5 Å². The first-order valence-corrected chi connectivity index (χ1v) is 11.2. The molecule has 1 amide bonds. The summed E-state index contributed by atoms with van der Waals surface area (Å²) in [6, 6.07) is 17.0. The fraction of sp³-hybridized carbons (Fsp3) is 0.385. The van der Waals surface area contributed by atoms with Crippen molar-refractivity contribution in [3.8, 4) is 0 Å². The van der Waals surface area contributed by atoms with Gasteiger partial charge in [-0.2, -0.15) is 0 Å². The van der Waals surface area contributed by atoms with Gasteiger partial charge in [-0.1, -0.05) is 67.4 Å². The van der Waals surface area contributed by atoms with E-state index in [1.807, 2.05) is 54.6 Å². The Balaban J connectivity index is 1.59. The summed E-state index contributed by atoms with van der Waals surface area (Å²) in [6.45, 7) is 4.44. The molecular weight excluding hydrogens is 410 g/mol. The van der Waals surface area contributed by atoms with Crippen molar-refractivity contribution < 1.29 is 14.3 Å². The lowest BCUT2D eigenvalue weighted by atomic mass is 9.58. The molecule has 1 saturated carbocycles. The highest BCUT2D eigenvalue weighted by molar-refractivity contribution is 6.30. The number of hydrogen-bond acceptors (Lipinski definition) is 3. The van der Waals surface area contributed by atoms with Crippen molar-refractivity contribution in [2.75, 3.05) is 5.32 Å². The lowest BCUT2D eigenvalue weighted by Crippen LogP contribution is -2.45. The predicted molar refractivity (Wildman–Crippen MR) is 121 cm³/mol. The van der Waals surface area contributed by atoms with E-state index in [4.69, 9.17) is 16.3 Å². The number of hydrogen-bond donors (Lipinski definition) is 1. The van der Waals surface area contributed by atoms with Gasteiger partial charge in [-0.3, -0.25) is 9.59 Å². The zero-order chi connectivity index (χ0) is 21.8. The molecule has 1 saturated heterocycles. The van der Waals surface area contributed by atoms with Crippen LogP contribution in [0.1, 0.15) is 38.2 Å². The molecule has 1 heterocycles. The number of benzene rings is 2. The highest BCUT2D eigenvalue weighted by Gasteiger charge is 2.59. The molecule has 5 atom stereocenters. The smallest absolute Gasteiger partial charge is 0.310 e. The number of esters is 1. The van der Waals surface area contributed by atoms with Crippen LogP contribution < -0.4 is 5.32 Å². The number of para-hydroxylation sites is 1. The maximum absolute atomic E-state index is 13.6. The quantitative estimate of drug-likeness (QED) is 0.504. The van der Waals surface area contributed by atoms with Crippen LogP contribution in [0.25, 0.3) is 0 Å². The van der Waals surface area contributed by atoms with Crippen LogP contribution in [0.2, 0.25) is 5.02 Å². The first-order chi connectivity index (χ1) is 14.8. The zero-order valence-corrected chi connectivity index (χ0v) is 18.4. The van der Waals surface area contributed by atoms with Crippen molar-refractivity contribution >= 4 is 29.2 Å². The van der Waals surface area contributed by atoms with Gasteiger partial charge < -0.3 is 10.1 Å². The predicted octanol–water partition coefficient (Wildman–Crippen LogP) is 5.60. The summed E-state index contributed by atoms with van der Waals surface area (Å²) in [4.78, 5) is 26.7. The number of nitrogens with one attached hydrogen (secondary N) is 1. The molecule has 3 aliphatic rings. The van der Waals surface area contributed by atoms with Gasteiger partial charge in [0.25, 0.3) is 0 Å². The largest absolute Gasteiger partial charge is 0.461 e. The maximum Gasteiger partial charge on any atom is 0.310 e. The Morgan fingerprint density at radius 1 is 1.06 bits per heavy atom. The van der Waals surface area contributed by atoms with Crippen LogP contribution in [-0.4, -0.2) is 18.0 Å². The van der Waals surface area contributed by atoms with E-state index in [-0.39, 0.29) is 35.2 Å². The summed E-state index contributed by atoms with van der Waals surface area (Å²) < 4.78 is 5.87. The van der Waals surface area contributed by atoms with Gasteiger partial charge in [0.1, 0.15) is 6.10 Å². The topological polar surface area (TPSA) is 55.4 Å². The third kappa shape index (κ3) is 3.67. The van der Waals surface area contributed by atoms with E-state index >= 15 is 0 Å². The molecule has 0 bridgehead atoms. The summed E-state index contributed by atoms with van der Waals surface area (Å²) in [5.74, 6) is -1.62. The van der Waals surface area contributed by atoms with Gasteiger partial charge in [0.05, 0.1) is 11.8 Å². The molecule has 4 nitrogen and oxygen atoms in total. The average molecular weight is 436 g/mol. The van der Waals surface area contributed by atoms with Gasteiger partial charge in [-0.15, -0.1) is 0 Å². The summed E-state index contributed by atoms with van der Waals surface area (Å²) in [6.07, 6.45) is 3.83. The molecule has 160 valence electrons. The van der Waals surface area contributed by atoms with Crippen molar-refractivity contribution in [3.63, 3.8) is 0 Å². The number of halogens is 1. The second-order valence-corrected chi connectivity index (χ2v) is 10.2. The molecule has 2 aromatic rings. The van der Waals surface area contributed by atoms with Crippen LogP contribution in [-0.2, 0) is 14.3 Å². The number of rotatable bonds is 3. The van der Waals surface area contributed by atoms with Crippen LogP contribution in [0, 0.1) is 23.2 Å². The number of allylic oxidation sites excluding steroid dienone is 1. The minimum atomic E-state index is -0.533. The SMILES string of the molecule is CC1(C)CC2=C[C@H](c3ccc(Cl)cc3)[C@H](C(=O)Nc3ccccc3)[C@@H]3C(=O)O[C@H](C1)[C@H]23. The molecule has 5 heteroatoms. The fourth-order valence-electron chi connectivity index (χ4n) is 5.76. The van der Waals surface area contributed by atoms with E-state index in [1.165, 1.54) is 5.57 Å². The molecule has 1 N–H and O–H groups in total. The summed E-state index contributed by atoms with van der Waals surface area (Å²) in [5, 5.41) is 3.68. The molecule has 0 unspecified atom stereocenters. The molecule has 0 radical (unpaired) electrons. The normalized spacial score (nSPS) is 30.7. The molecule has 1 aliphatic heterocycles. The van der Waals surface area contributed by atoms with Gasteiger partial charge in [-0.25, -0.2) is 0 Å². The van der Waals surface area contributed by atoms with Crippen LogP contribution in [0.5, 0.6) is 0 Å². The van der Waals surface area contributed by atoms with E-state index in [0.29, 0.717) is 5.02 Å². The third-order valence-electron chi connectivity index (χ3n) is 6.96. The molecule has 0 spiro atoms. The van der Waals surface area contributed by atoms with E-state index in [9.17, 15) is 9.59 Å². The number of ether oxygens (including phenoxy) is 1. The van der Waals surface area contributed by atoms with Crippen LogP contribution in [0.15, 0.2) is 66.2 Å². The fourth-order valence-corrected chi connectivity index (χ4v) is 5.89. The van der Waals surface area contributed by atoms with Crippen molar-refractivity contribution in [2.24, 2.45) is 23.2 Å². The number of anilines is 1. The lowest BCUT2D eigenvalue weighted by Gasteiger charge is -2.44. The Morgan fingerprint density at radius 2 is 1.77 bits per heavy atom. The molecule has 2 aromatic carbocycles. The van der Waals surface area contributed by atoms with Gasteiger partial charge >= 0.3 is 5.97 Å². The van der Waals surface area contributed by atoms with Crippen molar-refractivity contribution in [1.82, 2.24) is 0 Å². The Bertz CT molecular complexity index is 1040. The molecule has 5 rings (SSSR count). The third-order valence-corrected chi connectivity index (χ3v) is 7.21. The second-order valence-electron chi connectivity index (χ2n) is 9.77. The Labute approximate surface area is 187 Å². The first kappa shape index (κ1) is 20.3. The van der Waals surface area contributed by atoms with Gasteiger partial charge in [0.2, 0.25) is 5.91 Å². The maximum atomic E-state index is 13.6. The molecule has 31 heavy (non-hydrogen) atoms. The minimum absolute atomic E-state index is 0.0180. The number of amides is 1. The Morgan fingerprint density at radius 3 is 2.48 bits per heavy atom. The van der Waals surface area contributed by atoms with Crippen molar-refractivity contribution in [1.29, 1.82) is 0 Å². The highest BCUT2D eigenvalue weighted by Crippen LogP contribution is 2.56. The molecule has 0 aromatic heterocycles. The summed E-state index contributed by atoms with van der Waals surface area (Å²) in [7, 11) is 0. The lowest BCUT2D eigenvalue weighted by molar-refractivity contribution is -0.148. The Hall–Kier alpha value is -2.59. The summed E-state index contributed by atoms with van der Waals surface area (Å²) in [5.41, 5.74) is 3.03. The Kier molecular flexibility index (Phi) is 4.93. The number of carbonyl (C=O) groups is 2.